The topological polar surface area (TPSA) is 228 Å². The lowest BCUT2D eigenvalue weighted by molar-refractivity contribution is -0.138. The molecule has 2 heterocycles. The fourth-order valence-electron chi connectivity index (χ4n) is 4.54. The van der Waals surface area contributed by atoms with E-state index in [1.807, 2.05) is 0 Å². The molecule has 0 saturated carbocycles. The van der Waals surface area contributed by atoms with Crippen LogP contribution in [0.4, 0.5) is 11.4 Å². The van der Waals surface area contributed by atoms with Gasteiger partial charge in [-0.25, -0.2) is 0 Å². The number of carbonyl (C=O) groups excluding carboxylic acids is 1. The molecule has 0 unspecified atom stereocenters. The number of aliphatic carboxylic acids is 4. The Morgan fingerprint density at radius 3 is 1.87 bits per heavy atom. The minimum absolute atomic E-state index is 0.0918. The number of rotatable bonds is 16. The van der Waals surface area contributed by atoms with Crippen LogP contribution < -0.4 is 29.9 Å². The predicted octanol–water partition coefficient (Wildman–Crippen LogP) is 1.50. The fourth-order valence-corrected chi connectivity index (χ4v) is 4.74. The van der Waals surface area contributed by atoms with Crippen LogP contribution >= 0.6 is 12.2 Å². The molecule has 0 spiro atoms. The minimum Gasteiger partial charge on any atom is -0.488 e. The maximum absolute atomic E-state index is 12.1. The van der Waals surface area contributed by atoms with E-state index in [2.05, 4.69) is 10.6 Å². The fraction of sp³-hybridized carbons (Fsp3) is 0.241. The van der Waals surface area contributed by atoms with Crippen molar-refractivity contribution in [2.24, 2.45) is 0 Å². The lowest BCUT2D eigenvalue weighted by atomic mass is 10.2. The van der Waals surface area contributed by atoms with E-state index >= 15 is 0 Å². The van der Waals surface area contributed by atoms with Crippen molar-refractivity contribution in [1.29, 1.82) is 0 Å². The first-order valence-corrected chi connectivity index (χ1v) is 13.8. The quantitative estimate of drug-likeness (QED) is 0.0729. The van der Waals surface area contributed by atoms with E-state index in [-0.39, 0.29) is 58.2 Å². The lowest BCUT2D eigenvalue weighted by Gasteiger charge is -2.25. The van der Waals surface area contributed by atoms with Crippen LogP contribution in [0.1, 0.15) is 11.3 Å². The number of nitrogens with zero attached hydrogens (tertiary/aromatic N) is 2. The van der Waals surface area contributed by atoms with Gasteiger partial charge in [0.2, 0.25) is 0 Å². The largest absolute Gasteiger partial charge is 0.488 e. The summed E-state index contributed by atoms with van der Waals surface area (Å²) in [6, 6.07) is 9.35. The number of aryl methyl sites for hydroxylation is 1. The van der Waals surface area contributed by atoms with E-state index in [9.17, 15) is 44.4 Å². The number of fused-ring (bicyclic) bond motifs is 1. The molecule has 0 radical (unpaired) electrons. The third-order valence-electron chi connectivity index (χ3n) is 6.32. The molecule has 242 valence electrons. The maximum Gasteiger partial charge on any atom is 0.323 e. The summed E-state index contributed by atoms with van der Waals surface area (Å²) in [5.41, 5.74) is 1.46. The van der Waals surface area contributed by atoms with Gasteiger partial charge in [-0.1, -0.05) is 6.07 Å². The summed E-state index contributed by atoms with van der Waals surface area (Å²) in [7, 11) is 0. The van der Waals surface area contributed by atoms with Crippen molar-refractivity contribution >= 4 is 75.5 Å². The number of amides is 1. The van der Waals surface area contributed by atoms with Gasteiger partial charge in [0.1, 0.15) is 67.9 Å². The summed E-state index contributed by atoms with van der Waals surface area (Å²) in [5, 5.41) is 43.2. The second kappa shape index (κ2) is 14.3. The number of hydrogen-bond donors (Lipinski definition) is 6. The first-order valence-electron chi connectivity index (χ1n) is 13.4. The number of ether oxygens (including phenoxy) is 2. The second-order valence-electron chi connectivity index (χ2n) is 9.93. The summed E-state index contributed by atoms with van der Waals surface area (Å²) < 4.78 is 17.6. The van der Waals surface area contributed by atoms with Crippen LogP contribution in [-0.4, -0.2) is 94.7 Å². The molecule has 17 heteroatoms. The van der Waals surface area contributed by atoms with Crippen molar-refractivity contribution in [3.63, 3.8) is 0 Å². The van der Waals surface area contributed by atoms with E-state index in [1.54, 1.807) is 31.2 Å². The highest BCUT2D eigenvalue weighted by Gasteiger charge is 2.23. The lowest BCUT2D eigenvalue weighted by Crippen LogP contribution is -2.35. The predicted molar refractivity (Wildman–Crippen MR) is 165 cm³/mol. The van der Waals surface area contributed by atoms with Crippen LogP contribution in [-0.2, 0) is 24.0 Å². The summed E-state index contributed by atoms with van der Waals surface area (Å²) in [6.45, 7) is -1.04. The molecule has 46 heavy (non-hydrogen) atoms. The minimum atomic E-state index is -1.30. The van der Waals surface area contributed by atoms with Gasteiger partial charge in [-0.05, 0) is 49.0 Å². The Balaban J connectivity index is 1.62. The number of carboxylic acids is 4. The van der Waals surface area contributed by atoms with Crippen molar-refractivity contribution < 1.29 is 58.3 Å². The van der Waals surface area contributed by atoms with Gasteiger partial charge >= 0.3 is 23.9 Å². The Labute approximate surface area is 265 Å². The second-order valence-corrected chi connectivity index (χ2v) is 10.3. The van der Waals surface area contributed by atoms with E-state index in [0.29, 0.717) is 5.39 Å². The van der Waals surface area contributed by atoms with Gasteiger partial charge in [-0.2, -0.15) is 0 Å². The van der Waals surface area contributed by atoms with Gasteiger partial charge in [0.05, 0.1) is 11.4 Å². The van der Waals surface area contributed by atoms with Crippen LogP contribution in [0.3, 0.4) is 0 Å². The van der Waals surface area contributed by atoms with Crippen molar-refractivity contribution in [3.8, 4) is 11.5 Å². The molecule has 3 aromatic rings. The van der Waals surface area contributed by atoms with Crippen LogP contribution in [0.25, 0.3) is 17.0 Å². The number of nitrogens with one attached hydrogen (secondary N) is 2. The molecule has 1 saturated heterocycles. The van der Waals surface area contributed by atoms with Crippen molar-refractivity contribution in [2.75, 3.05) is 49.2 Å². The van der Waals surface area contributed by atoms with Gasteiger partial charge < -0.3 is 49.4 Å². The standard InChI is InChI=1S/C29H28N4O12S/c1-15-2-3-19(32(11-24(34)35)12-25(36)37)22(6-15)43-4-5-44-23-8-16-7-17(9-18-28(42)31-29(46)30-18)45-21(16)10-20(23)33(13-26(38)39)14-27(40)41/h2-3,6-10H,4-5,11-14H2,1H3,(H,34,35)(H,36,37)(H,38,39)(H,40,41)(H2,30,31,42,46). The average Bonchev–Trinajstić information content (AvgIpc) is 3.48. The molecule has 1 aliphatic rings. The van der Waals surface area contributed by atoms with Gasteiger partial charge in [-0.15, -0.1) is 0 Å². The molecule has 0 aliphatic carbocycles. The maximum atomic E-state index is 12.1. The average molecular weight is 657 g/mol. The Bertz CT molecular complexity index is 1720. The number of carbonyl (C=O) groups is 5. The zero-order chi connectivity index (χ0) is 33.5. The third-order valence-corrected chi connectivity index (χ3v) is 6.53. The number of furan rings is 1. The summed E-state index contributed by atoms with van der Waals surface area (Å²) >= 11 is 4.93. The van der Waals surface area contributed by atoms with Crippen molar-refractivity contribution in [1.82, 2.24) is 10.6 Å². The Kier molecular flexibility index (Phi) is 10.3. The zero-order valence-corrected chi connectivity index (χ0v) is 25.0. The highest BCUT2D eigenvalue weighted by molar-refractivity contribution is 7.80. The zero-order valence-electron chi connectivity index (χ0n) is 24.1. The van der Waals surface area contributed by atoms with Crippen LogP contribution in [0.15, 0.2) is 46.5 Å². The number of thiocarbonyl (C=S) groups is 1. The molecule has 0 atom stereocenters. The molecule has 1 aliphatic heterocycles. The van der Waals surface area contributed by atoms with Crippen LogP contribution in [0.5, 0.6) is 11.5 Å². The molecule has 1 fully saturated rings. The number of anilines is 2. The Morgan fingerprint density at radius 2 is 1.35 bits per heavy atom. The first kappa shape index (κ1) is 33.1. The highest BCUT2D eigenvalue weighted by atomic mass is 32.1. The molecular weight excluding hydrogens is 628 g/mol. The summed E-state index contributed by atoms with van der Waals surface area (Å²) in [6.07, 6.45) is 1.41. The van der Waals surface area contributed by atoms with Gasteiger partial charge in [0, 0.05) is 17.5 Å². The van der Waals surface area contributed by atoms with Crippen LogP contribution in [0.2, 0.25) is 0 Å². The summed E-state index contributed by atoms with van der Waals surface area (Å²) in [4.78, 5) is 60.2. The first-order chi connectivity index (χ1) is 21.8. The molecule has 0 bridgehead atoms. The van der Waals surface area contributed by atoms with Crippen molar-refractivity contribution in [2.45, 2.75) is 6.92 Å². The van der Waals surface area contributed by atoms with E-state index in [1.165, 1.54) is 18.2 Å². The molecule has 2 aromatic carbocycles. The molecule has 16 nitrogen and oxygen atoms in total. The monoisotopic (exact) mass is 656 g/mol. The SMILES string of the molecule is Cc1ccc(N(CC(=O)O)CC(=O)O)c(OCCOc2cc3cc(C=C4NC(=S)NC4=O)oc3cc2N(CC(=O)O)CC(=O)O)c1. The number of hydrogen-bond acceptors (Lipinski definition) is 11. The molecule has 1 amide bonds. The molecule has 6 N–H and O–H groups in total. The number of benzene rings is 2. The van der Waals surface area contributed by atoms with E-state index in [0.717, 1.165) is 15.4 Å². The third kappa shape index (κ3) is 8.63. The van der Waals surface area contributed by atoms with E-state index < -0.39 is 56.0 Å². The number of carboxylic acid groups (broad SMARTS) is 4. The normalized spacial score (nSPS) is 13.3. The van der Waals surface area contributed by atoms with E-state index in [4.69, 9.17) is 26.1 Å². The van der Waals surface area contributed by atoms with Crippen LogP contribution in [0, 0.1) is 6.92 Å². The Hall–Kier alpha value is -5.84. The molecule has 1 aromatic heterocycles. The van der Waals surface area contributed by atoms with Gasteiger partial charge in [0.15, 0.2) is 5.11 Å². The Morgan fingerprint density at radius 1 is 0.804 bits per heavy atom. The molecular formula is C29H28N4O12S. The smallest absolute Gasteiger partial charge is 0.323 e. The highest BCUT2D eigenvalue weighted by Crippen LogP contribution is 2.36. The van der Waals surface area contributed by atoms with Gasteiger partial charge in [-0.3, -0.25) is 29.3 Å². The van der Waals surface area contributed by atoms with Crippen molar-refractivity contribution in [3.05, 3.63) is 53.4 Å². The molecule has 4 rings (SSSR count). The summed E-state index contributed by atoms with van der Waals surface area (Å²) in [5.74, 6) is -4.99. The van der Waals surface area contributed by atoms with Gasteiger partial charge in [0.25, 0.3) is 5.91 Å².